The molecule has 6 rings (SSSR count). The normalized spacial score (nSPS) is 24.1. The Morgan fingerprint density at radius 1 is 1.01 bits per heavy atom. The lowest BCUT2D eigenvalue weighted by molar-refractivity contribution is -0.158. The summed E-state index contributed by atoms with van der Waals surface area (Å²) in [4.78, 5) is 130. The van der Waals surface area contributed by atoms with Crippen molar-refractivity contribution in [3.05, 3.63) is 93.7 Å². The molecule has 2 fully saturated rings. The number of amides is 6. The minimum absolute atomic E-state index is 0.0560. The van der Waals surface area contributed by atoms with Crippen LogP contribution in [0, 0.1) is 30.6 Å². The van der Waals surface area contributed by atoms with Crippen molar-refractivity contribution >= 4 is 113 Å². The van der Waals surface area contributed by atoms with Crippen LogP contribution in [0.4, 0.5) is 15.3 Å². The fourth-order valence-electron chi connectivity index (χ4n) is 11.6. The number of nitrogens with two attached hydrogens (primary N) is 1. The number of ketones is 2. The minimum atomic E-state index is -1.90. The summed E-state index contributed by atoms with van der Waals surface area (Å²) in [5, 5.41) is 21.5. The highest BCUT2D eigenvalue weighted by atomic mass is 79.9. The molecule has 6 amide bonds. The average Bonchev–Trinajstić information content (AvgIpc) is 1.60. The highest BCUT2D eigenvalue weighted by Crippen LogP contribution is 2.49. The van der Waals surface area contributed by atoms with E-state index < -0.39 is 108 Å². The molecule has 22 nitrogen and oxygen atoms in total. The van der Waals surface area contributed by atoms with Gasteiger partial charge in [0.15, 0.2) is 11.5 Å². The molecule has 498 valence electrons. The van der Waals surface area contributed by atoms with Gasteiger partial charge in [-0.2, -0.15) is 0 Å². The number of ether oxygens (including phenoxy) is 5. The number of esters is 2. The molecule has 4 heterocycles. The zero-order valence-electron chi connectivity index (χ0n) is 53.7. The molecule has 2 saturated heterocycles. The number of nitrogens with zero attached hydrogens (tertiary/aromatic N) is 3. The highest BCUT2D eigenvalue weighted by Gasteiger charge is 2.64. The molecular formula is C66H88Br2ClN7O15. The topological polar surface area (TPSA) is 305 Å². The van der Waals surface area contributed by atoms with Crippen LogP contribution in [0.15, 0.2) is 66.4 Å². The predicted octanol–water partition coefficient (Wildman–Crippen LogP) is 8.85. The number of aryl methyl sites for hydroxylation is 1. The second kappa shape index (κ2) is 33.0. The maximum atomic E-state index is 14.7. The van der Waals surface area contributed by atoms with Gasteiger partial charge in [0.25, 0.3) is 5.91 Å². The molecule has 4 bridgehead atoms. The van der Waals surface area contributed by atoms with Crippen LogP contribution in [-0.4, -0.2) is 161 Å². The Labute approximate surface area is 554 Å². The van der Waals surface area contributed by atoms with Crippen molar-refractivity contribution in [2.75, 3.05) is 43.3 Å². The van der Waals surface area contributed by atoms with Gasteiger partial charge in [0.1, 0.15) is 35.7 Å². The summed E-state index contributed by atoms with van der Waals surface area (Å²) in [6, 6.07) is 7.05. The summed E-state index contributed by atoms with van der Waals surface area (Å²) in [5.74, 6) is -5.26. The Kier molecular flexibility index (Phi) is 26.7. The van der Waals surface area contributed by atoms with Gasteiger partial charge in [-0.25, -0.2) is 14.4 Å². The first-order valence-corrected chi connectivity index (χ1v) is 33.4. The number of primary amides is 1. The van der Waals surface area contributed by atoms with Crippen molar-refractivity contribution in [2.24, 2.45) is 29.4 Å². The number of unbranched alkanes of at least 4 members (excludes halogenated alkanes) is 1. The van der Waals surface area contributed by atoms with Gasteiger partial charge in [-0.15, -0.1) is 0 Å². The number of fused-ring (bicyclic) bond motifs is 6. The van der Waals surface area contributed by atoms with E-state index in [9.17, 15) is 48.3 Å². The number of nitrogens with one attached hydrogen (secondary N) is 3. The van der Waals surface area contributed by atoms with Crippen LogP contribution < -0.4 is 26.6 Å². The summed E-state index contributed by atoms with van der Waals surface area (Å²) in [7, 11) is 4.42. The van der Waals surface area contributed by atoms with Crippen LogP contribution in [0.2, 0.25) is 5.02 Å². The van der Waals surface area contributed by atoms with Crippen molar-refractivity contribution in [3.8, 4) is 0 Å². The molecule has 1 aromatic heterocycles. The van der Waals surface area contributed by atoms with Crippen LogP contribution in [0.5, 0.6) is 0 Å². The number of hydrogen-bond acceptors (Lipinski definition) is 16. The van der Waals surface area contributed by atoms with E-state index in [0.29, 0.717) is 63.5 Å². The molecule has 91 heavy (non-hydrogen) atoms. The monoisotopic (exact) mass is 1410 g/mol. The number of halogens is 3. The van der Waals surface area contributed by atoms with Gasteiger partial charge >= 0.3 is 24.1 Å². The number of pyridine rings is 1. The van der Waals surface area contributed by atoms with Gasteiger partial charge in [-0.3, -0.25) is 39.1 Å². The molecule has 3 aromatic rings. The van der Waals surface area contributed by atoms with E-state index in [0.717, 1.165) is 16.7 Å². The number of benzene rings is 2. The van der Waals surface area contributed by atoms with E-state index >= 15 is 0 Å². The molecule has 3 aliphatic rings. The molecule has 0 saturated carbocycles. The predicted molar refractivity (Wildman–Crippen MR) is 351 cm³/mol. The molecule has 2 aromatic carbocycles. The van der Waals surface area contributed by atoms with Crippen LogP contribution in [0.1, 0.15) is 133 Å². The number of urea groups is 1. The number of anilines is 1. The zero-order valence-corrected chi connectivity index (χ0v) is 57.7. The third-order valence-corrected chi connectivity index (χ3v) is 19.6. The van der Waals surface area contributed by atoms with Gasteiger partial charge < -0.3 is 55.0 Å². The molecule has 11 atom stereocenters. The smallest absolute Gasteiger partial charge is 0.409 e. The molecule has 6 N–H and O–H groups in total. The van der Waals surface area contributed by atoms with E-state index in [1.807, 2.05) is 52.8 Å². The van der Waals surface area contributed by atoms with Gasteiger partial charge in [0.05, 0.1) is 46.8 Å². The number of alkyl carbamates (subject to hydrolysis) is 1. The number of methoxy groups -OCH3 is 1. The summed E-state index contributed by atoms with van der Waals surface area (Å²) < 4.78 is 29.7. The van der Waals surface area contributed by atoms with Crippen molar-refractivity contribution in [2.45, 2.75) is 180 Å². The Morgan fingerprint density at radius 3 is 2.40 bits per heavy atom. The van der Waals surface area contributed by atoms with Gasteiger partial charge in [-0.1, -0.05) is 106 Å². The van der Waals surface area contributed by atoms with Crippen LogP contribution in [0.3, 0.4) is 0 Å². The lowest BCUT2D eigenvalue weighted by Crippen LogP contribution is -2.63. The molecule has 25 heteroatoms. The standard InChI is InChI=1S/C66H88Br2ClN7O15/c1-36(2)48(31-45(77)19-13-12-18-39(5)88-62(83)44(34-67)35-68)59(80)73-49(21-16-26-72-63(70)84)51(78)30-43-23-24-47(46-20-15-25-71-57(43)46)60(81)75(9)41(7)61(82)90-54-32-55(79)76(10)50-29-42(28-38(4)56(50)69)27-37(3)17-14-22-53(87-11)66(86)33-52(89-64(85)74-66)40(6)58-65(54,8)91-58/h14-15,17,20,22-25,28-29,36,39-41,44,48-49,52-54,58,86H,12-13,16,18-19,21,26-27,30-35H2,1-11H3,(H,73,80)(H,74,85)(H3,70,72,84)/b22-14+,37-17+/t39?,40-,41+,48+,49+,52+,53-,54+,58+,65+,66+/m1/s1. The third-order valence-electron chi connectivity index (χ3n) is 17.5. The van der Waals surface area contributed by atoms with Crippen molar-refractivity contribution in [1.82, 2.24) is 25.8 Å². The van der Waals surface area contributed by atoms with Crippen LogP contribution >= 0.6 is 43.5 Å². The summed E-state index contributed by atoms with van der Waals surface area (Å²) >= 11 is 13.5. The molecule has 1 unspecified atom stereocenters. The lowest BCUT2D eigenvalue weighted by atomic mass is 9.83. The first kappa shape index (κ1) is 73.7. The quantitative estimate of drug-likeness (QED) is 0.0165. The van der Waals surface area contributed by atoms with Crippen LogP contribution in [-0.2, 0) is 65.3 Å². The van der Waals surface area contributed by atoms with Gasteiger partial charge in [0, 0.05) is 93.1 Å². The van der Waals surface area contributed by atoms with E-state index in [1.54, 1.807) is 51.2 Å². The van der Waals surface area contributed by atoms with E-state index in [-0.39, 0.29) is 80.3 Å². The number of hydrogen-bond donors (Lipinski definition) is 5. The maximum Gasteiger partial charge on any atom is 0.409 e. The van der Waals surface area contributed by atoms with Gasteiger partial charge in [-0.05, 0) is 114 Å². The molecule has 0 spiro atoms. The van der Waals surface area contributed by atoms with E-state index in [2.05, 4.69) is 52.8 Å². The van der Waals surface area contributed by atoms with Crippen LogP contribution in [0.25, 0.3) is 10.9 Å². The second-order valence-corrected chi connectivity index (χ2v) is 26.5. The number of Topliss-reactive ketones (excluding diaryl/α,β-unsaturated/α-hetero) is 2. The maximum absolute atomic E-state index is 14.7. The number of epoxide rings is 1. The average molecular weight is 1410 g/mol. The second-order valence-electron chi connectivity index (χ2n) is 24.8. The molecule has 3 aliphatic heterocycles. The Hall–Kier alpha value is -6.31. The third kappa shape index (κ3) is 19.2. The number of carbonyl (C=O) groups excluding carboxylic acids is 9. The molecule has 0 aliphatic carbocycles. The number of aromatic nitrogens is 1. The molecule has 0 radical (unpaired) electrons. The zero-order chi connectivity index (χ0) is 67.2. The van der Waals surface area contributed by atoms with E-state index in [4.69, 9.17) is 41.0 Å². The van der Waals surface area contributed by atoms with Gasteiger partial charge in [0.2, 0.25) is 11.8 Å². The fourth-order valence-corrected chi connectivity index (χ4v) is 13.5. The highest BCUT2D eigenvalue weighted by molar-refractivity contribution is 9.09. The largest absolute Gasteiger partial charge is 0.462 e. The number of alkyl halides is 2. The number of aliphatic hydroxyl groups is 1. The first-order valence-electron chi connectivity index (χ1n) is 30.8. The first-order chi connectivity index (χ1) is 43.0. The van der Waals surface area contributed by atoms with Crippen molar-refractivity contribution in [3.63, 3.8) is 0 Å². The summed E-state index contributed by atoms with van der Waals surface area (Å²) in [6.45, 7) is 14.3. The Bertz CT molecular complexity index is 3240. The number of allylic oxidation sites excluding steroid dienone is 3. The minimum Gasteiger partial charge on any atom is -0.462 e. The summed E-state index contributed by atoms with van der Waals surface area (Å²) in [5.41, 5.74) is 5.85. The lowest BCUT2D eigenvalue weighted by Gasteiger charge is -2.42. The van der Waals surface area contributed by atoms with E-state index in [1.165, 1.54) is 43.1 Å². The van der Waals surface area contributed by atoms with Crippen molar-refractivity contribution < 1.29 is 71.9 Å². The summed E-state index contributed by atoms with van der Waals surface area (Å²) in [6.07, 6.45) is 3.50. The van der Waals surface area contributed by atoms with Crippen molar-refractivity contribution in [1.29, 1.82) is 0 Å². The number of rotatable bonds is 26. The SMILES string of the molecule is CO[C@@H]1/C=C/C=C(\C)Cc2cc(C)c(Cl)c(c2)N(C)C(=O)C[C@H](OC(=O)[C@H](C)N(C)C(=O)c2ccc(CC(=O)[C@H](CCCNC(N)=O)NC(=O)[C@@H](CC(=O)CCCCC(C)OC(=O)C(CBr)CBr)C(C)C)c3ncccc23)[C@]2(C)O[C@H]2[C@H](C)[C@@H]2C[C@@]1(O)NC(=O)O2. The molecular weight excluding hydrogens is 1330 g/mol. The number of carbonyl (C=O) groups is 9. The fraction of sp³-hybridized carbons (Fsp3) is 0.576. The Morgan fingerprint density at radius 2 is 1.73 bits per heavy atom. The number of likely N-dealkylation sites (N-methyl/N-ethyl adjacent to an activating group) is 1. The Balaban J connectivity index is 1.20.